The van der Waals surface area contributed by atoms with Crippen LogP contribution in [-0.4, -0.2) is 19.7 Å². The molecule has 0 aliphatic heterocycles. The molecule has 0 bridgehead atoms. The lowest BCUT2D eigenvalue weighted by Crippen LogP contribution is -2.08. The zero-order valence-electron chi connectivity index (χ0n) is 14.2. The van der Waals surface area contributed by atoms with Crippen LogP contribution in [0.3, 0.4) is 0 Å². The van der Waals surface area contributed by atoms with Crippen LogP contribution in [0.1, 0.15) is 56.6 Å². The molecule has 0 spiro atoms. The van der Waals surface area contributed by atoms with Gasteiger partial charge < -0.3 is 9.47 Å². The first kappa shape index (κ1) is 16.9. The molecule has 122 valence electrons. The molecule has 3 atom stereocenters. The number of benzene rings is 1. The van der Waals surface area contributed by atoms with E-state index >= 15 is 0 Å². The van der Waals surface area contributed by atoms with Crippen molar-refractivity contribution in [1.82, 2.24) is 0 Å². The number of rotatable bonds is 8. The average Bonchev–Trinajstić information content (AvgIpc) is 3.30. The molecule has 0 amide bonds. The topological polar surface area (TPSA) is 35.5 Å². The first-order valence-corrected chi connectivity index (χ1v) is 8.41. The van der Waals surface area contributed by atoms with E-state index in [2.05, 4.69) is 39.0 Å². The molecule has 3 unspecified atom stereocenters. The van der Waals surface area contributed by atoms with Gasteiger partial charge in [0, 0.05) is 0 Å². The van der Waals surface area contributed by atoms with Crippen molar-refractivity contribution in [2.45, 2.75) is 52.4 Å². The second-order valence-electron chi connectivity index (χ2n) is 6.36. The molecule has 0 saturated heterocycles. The van der Waals surface area contributed by atoms with Gasteiger partial charge in [-0.05, 0) is 56.1 Å². The highest BCUT2D eigenvalue weighted by molar-refractivity contribution is 5.75. The fourth-order valence-corrected chi connectivity index (χ4v) is 3.16. The van der Waals surface area contributed by atoms with Gasteiger partial charge in [0.1, 0.15) is 5.75 Å². The molecule has 0 aromatic heterocycles. The Morgan fingerprint density at radius 2 is 2.14 bits per heavy atom. The first-order valence-electron chi connectivity index (χ1n) is 8.41. The van der Waals surface area contributed by atoms with Crippen LogP contribution in [0.2, 0.25) is 0 Å². The van der Waals surface area contributed by atoms with Crippen LogP contribution in [0.15, 0.2) is 18.2 Å². The van der Waals surface area contributed by atoms with E-state index in [1.165, 1.54) is 18.2 Å². The monoisotopic (exact) mass is 304 g/mol. The maximum absolute atomic E-state index is 11.6. The van der Waals surface area contributed by atoms with E-state index in [9.17, 15) is 4.79 Å². The maximum Gasteiger partial charge on any atom is 0.308 e. The average molecular weight is 304 g/mol. The standard InChI is InChI=1S/C19H28O3/c1-5-9-22-18-8-7-13(3)10-16(18)14(6-2)11-15-12-17(15)19(20)21-4/h7-8,10,14-15,17H,5-6,9,11-12H2,1-4H3. The highest BCUT2D eigenvalue weighted by Crippen LogP contribution is 2.47. The molecule has 1 fully saturated rings. The lowest BCUT2D eigenvalue weighted by molar-refractivity contribution is -0.142. The van der Waals surface area contributed by atoms with E-state index in [0.29, 0.717) is 11.8 Å². The second kappa shape index (κ2) is 7.66. The number of carbonyl (C=O) groups excluding carboxylic acids is 1. The number of hydrogen-bond acceptors (Lipinski definition) is 3. The number of esters is 1. The Morgan fingerprint density at radius 3 is 2.77 bits per heavy atom. The third kappa shape index (κ3) is 4.02. The van der Waals surface area contributed by atoms with E-state index in [0.717, 1.165) is 38.0 Å². The predicted octanol–water partition coefficient (Wildman–Crippen LogP) is 4.48. The van der Waals surface area contributed by atoms with Gasteiger partial charge in [-0.25, -0.2) is 0 Å². The number of ether oxygens (including phenoxy) is 2. The molecule has 1 aliphatic carbocycles. The molecule has 22 heavy (non-hydrogen) atoms. The first-order chi connectivity index (χ1) is 10.6. The van der Waals surface area contributed by atoms with Gasteiger partial charge in [-0.2, -0.15) is 0 Å². The van der Waals surface area contributed by atoms with Crippen molar-refractivity contribution >= 4 is 5.97 Å². The van der Waals surface area contributed by atoms with Gasteiger partial charge in [-0.15, -0.1) is 0 Å². The van der Waals surface area contributed by atoms with Crippen LogP contribution < -0.4 is 4.74 Å². The van der Waals surface area contributed by atoms with E-state index in [1.807, 2.05) is 0 Å². The van der Waals surface area contributed by atoms with Crippen LogP contribution in [0.25, 0.3) is 0 Å². The predicted molar refractivity (Wildman–Crippen MR) is 88.2 cm³/mol. The SMILES string of the molecule is CCCOc1ccc(C)cc1C(CC)CC1CC1C(=O)OC. The quantitative estimate of drug-likeness (QED) is 0.664. The Bertz CT molecular complexity index is 509. The molecule has 0 heterocycles. The highest BCUT2D eigenvalue weighted by Gasteiger charge is 2.44. The van der Waals surface area contributed by atoms with E-state index in [4.69, 9.17) is 9.47 Å². The number of carbonyl (C=O) groups is 1. The summed E-state index contributed by atoms with van der Waals surface area (Å²) in [7, 11) is 1.48. The van der Waals surface area contributed by atoms with Gasteiger partial charge in [-0.1, -0.05) is 31.5 Å². The summed E-state index contributed by atoms with van der Waals surface area (Å²) in [4.78, 5) is 11.6. The molecular weight excluding hydrogens is 276 g/mol. The van der Waals surface area contributed by atoms with Crippen LogP contribution in [-0.2, 0) is 9.53 Å². The molecule has 1 aliphatic rings. The van der Waals surface area contributed by atoms with E-state index < -0.39 is 0 Å². The minimum absolute atomic E-state index is 0.0495. The Balaban J connectivity index is 2.10. The Hall–Kier alpha value is -1.51. The lowest BCUT2D eigenvalue weighted by atomic mass is 9.89. The molecule has 0 radical (unpaired) electrons. The Kier molecular flexibility index (Phi) is 5.87. The summed E-state index contributed by atoms with van der Waals surface area (Å²) in [6.45, 7) is 7.21. The summed E-state index contributed by atoms with van der Waals surface area (Å²) >= 11 is 0. The van der Waals surface area contributed by atoms with Gasteiger partial charge in [0.15, 0.2) is 0 Å². The van der Waals surface area contributed by atoms with E-state index in [1.54, 1.807) is 0 Å². The summed E-state index contributed by atoms with van der Waals surface area (Å²) in [5, 5.41) is 0. The Labute approximate surface area is 134 Å². The zero-order valence-corrected chi connectivity index (χ0v) is 14.2. The summed E-state index contributed by atoms with van der Waals surface area (Å²) < 4.78 is 10.8. The third-order valence-corrected chi connectivity index (χ3v) is 4.57. The van der Waals surface area contributed by atoms with E-state index in [-0.39, 0.29) is 11.9 Å². The molecule has 0 N–H and O–H groups in total. The molecule has 1 aromatic carbocycles. The van der Waals surface area contributed by atoms with Crippen molar-refractivity contribution in [3.63, 3.8) is 0 Å². The fraction of sp³-hybridized carbons (Fsp3) is 0.632. The van der Waals surface area contributed by atoms with Gasteiger partial charge in [0.25, 0.3) is 0 Å². The molecule has 1 saturated carbocycles. The molecular formula is C19H28O3. The second-order valence-corrected chi connectivity index (χ2v) is 6.36. The fourth-order valence-electron chi connectivity index (χ4n) is 3.16. The van der Waals surface area contributed by atoms with Crippen molar-refractivity contribution in [3.8, 4) is 5.75 Å². The van der Waals surface area contributed by atoms with Gasteiger partial charge in [-0.3, -0.25) is 4.79 Å². The van der Waals surface area contributed by atoms with Gasteiger partial charge >= 0.3 is 5.97 Å². The molecule has 3 heteroatoms. The van der Waals surface area contributed by atoms with Crippen LogP contribution >= 0.6 is 0 Å². The minimum Gasteiger partial charge on any atom is -0.493 e. The van der Waals surface area contributed by atoms with Crippen LogP contribution in [0.4, 0.5) is 0 Å². The lowest BCUT2D eigenvalue weighted by Gasteiger charge is -2.20. The molecule has 1 aromatic rings. The van der Waals surface area contributed by atoms with Crippen molar-refractivity contribution < 1.29 is 14.3 Å². The molecule has 3 nitrogen and oxygen atoms in total. The number of methoxy groups -OCH3 is 1. The van der Waals surface area contributed by atoms with Crippen molar-refractivity contribution in [3.05, 3.63) is 29.3 Å². The highest BCUT2D eigenvalue weighted by atomic mass is 16.5. The van der Waals surface area contributed by atoms with Crippen LogP contribution in [0, 0.1) is 18.8 Å². The minimum atomic E-state index is -0.0495. The van der Waals surface area contributed by atoms with Crippen molar-refractivity contribution in [2.75, 3.05) is 13.7 Å². The summed E-state index contributed by atoms with van der Waals surface area (Å²) in [6.07, 6.45) is 4.09. The smallest absolute Gasteiger partial charge is 0.308 e. The maximum atomic E-state index is 11.6. The van der Waals surface area contributed by atoms with Crippen LogP contribution in [0.5, 0.6) is 5.75 Å². The van der Waals surface area contributed by atoms with Gasteiger partial charge in [0.2, 0.25) is 0 Å². The van der Waals surface area contributed by atoms with Crippen molar-refractivity contribution in [1.29, 1.82) is 0 Å². The summed E-state index contributed by atoms with van der Waals surface area (Å²) in [5.74, 6) is 1.99. The molecule has 2 rings (SSSR count). The number of aryl methyl sites for hydroxylation is 1. The van der Waals surface area contributed by atoms with Gasteiger partial charge in [0.05, 0.1) is 19.6 Å². The zero-order chi connectivity index (χ0) is 16.1. The van der Waals surface area contributed by atoms with Crippen molar-refractivity contribution in [2.24, 2.45) is 11.8 Å². The Morgan fingerprint density at radius 1 is 1.36 bits per heavy atom. The normalized spacial score (nSPS) is 21.3. The number of hydrogen-bond donors (Lipinski definition) is 0. The summed E-state index contributed by atoms with van der Waals surface area (Å²) in [5.41, 5.74) is 2.56. The third-order valence-electron chi connectivity index (χ3n) is 4.57. The summed E-state index contributed by atoms with van der Waals surface area (Å²) in [6, 6.07) is 6.44. The largest absolute Gasteiger partial charge is 0.493 e.